The number of carbonyl (C=O) groups is 1. The maximum atomic E-state index is 12.7. The van der Waals surface area contributed by atoms with Gasteiger partial charge in [-0.2, -0.15) is 0 Å². The van der Waals surface area contributed by atoms with Gasteiger partial charge in [-0.3, -0.25) is 4.79 Å². The van der Waals surface area contributed by atoms with Crippen molar-refractivity contribution < 1.29 is 9.18 Å². The highest BCUT2D eigenvalue weighted by atomic mass is 19.1. The Hall–Kier alpha value is -1.42. The number of benzene rings is 1. The van der Waals surface area contributed by atoms with Crippen molar-refractivity contribution in [1.29, 1.82) is 0 Å². The number of hydrogen-bond acceptors (Lipinski definition) is 2. The van der Waals surface area contributed by atoms with Gasteiger partial charge in [0, 0.05) is 12.2 Å². The molecule has 3 nitrogen and oxygen atoms in total. The van der Waals surface area contributed by atoms with Gasteiger partial charge in [-0.25, -0.2) is 4.39 Å². The lowest BCUT2D eigenvalue weighted by molar-refractivity contribution is -0.115. The van der Waals surface area contributed by atoms with Crippen LogP contribution in [-0.2, 0) is 4.79 Å². The summed E-state index contributed by atoms with van der Waals surface area (Å²) in [5, 5.41) is 5.95. The van der Waals surface area contributed by atoms with Crippen molar-refractivity contribution in [3.8, 4) is 0 Å². The standard InChI is InChI=1S/C15H21FN2O/c1-11(2)15(7-8-15)10-17-9-14(19)18-13-5-3-12(16)4-6-13/h3-6,11,17H,7-10H2,1-2H3,(H,18,19). The first kappa shape index (κ1) is 14.0. The van der Waals surface area contributed by atoms with Crippen LogP contribution in [0, 0.1) is 17.2 Å². The van der Waals surface area contributed by atoms with Crippen LogP contribution >= 0.6 is 0 Å². The predicted octanol–water partition coefficient (Wildman–Crippen LogP) is 2.79. The Bertz CT molecular complexity index is 438. The zero-order chi connectivity index (χ0) is 13.9. The van der Waals surface area contributed by atoms with Crippen molar-refractivity contribution >= 4 is 11.6 Å². The van der Waals surface area contributed by atoms with E-state index in [4.69, 9.17) is 0 Å². The van der Waals surface area contributed by atoms with E-state index in [0.29, 0.717) is 23.6 Å². The number of rotatable bonds is 6. The molecule has 0 spiro atoms. The fourth-order valence-corrected chi connectivity index (χ4v) is 2.28. The van der Waals surface area contributed by atoms with E-state index < -0.39 is 0 Å². The monoisotopic (exact) mass is 264 g/mol. The number of anilines is 1. The molecule has 104 valence electrons. The highest BCUT2D eigenvalue weighted by Crippen LogP contribution is 2.51. The molecule has 1 amide bonds. The van der Waals surface area contributed by atoms with Crippen molar-refractivity contribution in [2.45, 2.75) is 26.7 Å². The molecule has 19 heavy (non-hydrogen) atoms. The highest BCUT2D eigenvalue weighted by molar-refractivity contribution is 5.92. The minimum absolute atomic E-state index is 0.0915. The molecule has 4 heteroatoms. The van der Waals surface area contributed by atoms with Crippen LogP contribution in [0.25, 0.3) is 0 Å². The molecular formula is C15H21FN2O. The second kappa shape index (κ2) is 5.70. The summed E-state index contributed by atoms with van der Waals surface area (Å²) >= 11 is 0. The van der Waals surface area contributed by atoms with Gasteiger partial charge in [-0.1, -0.05) is 13.8 Å². The molecule has 1 aromatic carbocycles. The number of amides is 1. The van der Waals surface area contributed by atoms with Gasteiger partial charge in [0.05, 0.1) is 6.54 Å². The van der Waals surface area contributed by atoms with Gasteiger partial charge in [0.1, 0.15) is 5.82 Å². The number of carbonyl (C=O) groups excluding carboxylic acids is 1. The Balaban J connectivity index is 1.72. The van der Waals surface area contributed by atoms with E-state index in [1.807, 2.05) is 0 Å². The second-order valence-electron chi connectivity index (χ2n) is 5.68. The Morgan fingerprint density at radius 2 is 1.95 bits per heavy atom. The van der Waals surface area contributed by atoms with Crippen LogP contribution in [-0.4, -0.2) is 19.0 Å². The Morgan fingerprint density at radius 1 is 1.32 bits per heavy atom. The van der Waals surface area contributed by atoms with Crippen LogP contribution in [0.4, 0.5) is 10.1 Å². The van der Waals surface area contributed by atoms with E-state index in [9.17, 15) is 9.18 Å². The van der Waals surface area contributed by atoms with Crippen LogP contribution in [0.1, 0.15) is 26.7 Å². The molecule has 0 radical (unpaired) electrons. The average Bonchev–Trinajstić information content (AvgIpc) is 3.13. The van der Waals surface area contributed by atoms with Crippen molar-refractivity contribution in [3.05, 3.63) is 30.1 Å². The van der Waals surface area contributed by atoms with Crippen molar-refractivity contribution in [2.24, 2.45) is 11.3 Å². The summed E-state index contributed by atoms with van der Waals surface area (Å²) < 4.78 is 12.7. The fourth-order valence-electron chi connectivity index (χ4n) is 2.28. The molecule has 0 bridgehead atoms. The van der Waals surface area contributed by atoms with Crippen molar-refractivity contribution in [1.82, 2.24) is 5.32 Å². The van der Waals surface area contributed by atoms with Gasteiger partial charge >= 0.3 is 0 Å². The number of halogens is 1. The topological polar surface area (TPSA) is 41.1 Å². The molecule has 1 fully saturated rings. The first-order valence-electron chi connectivity index (χ1n) is 6.78. The SMILES string of the molecule is CC(C)C1(CNCC(=O)Nc2ccc(F)cc2)CC1. The number of hydrogen-bond donors (Lipinski definition) is 2. The summed E-state index contributed by atoms with van der Waals surface area (Å²) in [4.78, 5) is 11.7. The van der Waals surface area contributed by atoms with Gasteiger partial charge in [-0.15, -0.1) is 0 Å². The summed E-state index contributed by atoms with van der Waals surface area (Å²) in [6.07, 6.45) is 2.49. The first-order chi connectivity index (χ1) is 9.02. The molecule has 0 aromatic heterocycles. The summed E-state index contributed by atoms with van der Waals surface area (Å²) in [6.45, 7) is 5.65. The van der Waals surface area contributed by atoms with E-state index in [1.54, 1.807) is 12.1 Å². The molecule has 2 rings (SSSR count). The van der Waals surface area contributed by atoms with Gasteiger partial charge in [-0.05, 0) is 48.4 Å². The third-order valence-electron chi connectivity index (χ3n) is 4.01. The molecule has 0 unspecified atom stereocenters. The average molecular weight is 264 g/mol. The molecule has 1 saturated carbocycles. The lowest BCUT2D eigenvalue weighted by Crippen LogP contribution is -2.34. The predicted molar refractivity (Wildman–Crippen MR) is 74.4 cm³/mol. The third-order valence-corrected chi connectivity index (χ3v) is 4.01. The highest BCUT2D eigenvalue weighted by Gasteiger charge is 2.44. The second-order valence-corrected chi connectivity index (χ2v) is 5.68. The lowest BCUT2D eigenvalue weighted by Gasteiger charge is -2.19. The molecule has 1 aromatic rings. The first-order valence-corrected chi connectivity index (χ1v) is 6.78. The molecule has 0 saturated heterocycles. The third kappa shape index (κ3) is 3.77. The van der Waals surface area contributed by atoms with E-state index in [0.717, 1.165) is 6.54 Å². The van der Waals surface area contributed by atoms with E-state index in [-0.39, 0.29) is 11.7 Å². The summed E-state index contributed by atoms with van der Waals surface area (Å²) in [5.74, 6) is 0.259. The van der Waals surface area contributed by atoms with Crippen molar-refractivity contribution in [3.63, 3.8) is 0 Å². The quantitative estimate of drug-likeness (QED) is 0.829. The van der Waals surface area contributed by atoms with Gasteiger partial charge in [0.2, 0.25) is 5.91 Å². The van der Waals surface area contributed by atoms with Crippen LogP contribution < -0.4 is 10.6 Å². The molecular weight excluding hydrogens is 243 g/mol. The maximum Gasteiger partial charge on any atom is 0.238 e. The van der Waals surface area contributed by atoms with Gasteiger partial charge in [0.15, 0.2) is 0 Å². The zero-order valence-electron chi connectivity index (χ0n) is 11.5. The molecule has 0 heterocycles. The smallest absolute Gasteiger partial charge is 0.238 e. The minimum Gasteiger partial charge on any atom is -0.325 e. The molecule has 0 atom stereocenters. The molecule has 1 aliphatic carbocycles. The van der Waals surface area contributed by atoms with E-state index in [2.05, 4.69) is 24.5 Å². The molecule has 0 aliphatic heterocycles. The van der Waals surface area contributed by atoms with Crippen molar-refractivity contribution in [2.75, 3.05) is 18.4 Å². The Morgan fingerprint density at radius 3 is 2.47 bits per heavy atom. The zero-order valence-corrected chi connectivity index (χ0v) is 11.5. The van der Waals surface area contributed by atoms with Gasteiger partial charge < -0.3 is 10.6 Å². The summed E-state index contributed by atoms with van der Waals surface area (Å²) in [7, 11) is 0. The van der Waals surface area contributed by atoms with Gasteiger partial charge in [0.25, 0.3) is 0 Å². The number of nitrogens with one attached hydrogen (secondary N) is 2. The summed E-state index contributed by atoms with van der Waals surface area (Å²) in [6, 6.07) is 5.79. The normalized spacial score (nSPS) is 16.4. The van der Waals surface area contributed by atoms with E-state index in [1.165, 1.54) is 25.0 Å². The molecule has 2 N–H and O–H groups in total. The largest absolute Gasteiger partial charge is 0.325 e. The minimum atomic E-state index is -0.302. The maximum absolute atomic E-state index is 12.7. The fraction of sp³-hybridized carbons (Fsp3) is 0.533. The van der Waals surface area contributed by atoms with Crippen LogP contribution in [0.3, 0.4) is 0 Å². The Labute approximate surface area is 113 Å². The summed E-state index contributed by atoms with van der Waals surface area (Å²) in [5.41, 5.74) is 1.02. The Kier molecular flexibility index (Phi) is 4.20. The van der Waals surface area contributed by atoms with E-state index >= 15 is 0 Å². The van der Waals surface area contributed by atoms with Crippen LogP contribution in [0.15, 0.2) is 24.3 Å². The van der Waals surface area contributed by atoms with Crippen LogP contribution in [0.5, 0.6) is 0 Å². The lowest BCUT2D eigenvalue weighted by atomic mass is 9.92. The molecule has 1 aliphatic rings. The van der Waals surface area contributed by atoms with Crippen LogP contribution in [0.2, 0.25) is 0 Å².